The Kier molecular flexibility index (Phi) is 9.08. The first-order valence-electron chi connectivity index (χ1n) is 11.7. The van der Waals surface area contributed by atoms with Gasteiger partial charge in [-0.1, -0.05) is 70.2 Å². The van der Waals surface area contributed by atoms with E-state index in [4.69, 9.17) is 4.74 Å². The summed E-state index contributed by atoms with van der Waals surface area (Å²) in [7, 11) is 0. The first kappa shape index (κ1) is 23.0. The average molecular weight is 420 g/mol. The number of aryl methyl sites for hydroxylation is 1. The van der Waals surface area contributed by atoms with E-state index in [2.05, 4.69) is 18.8 Å². The lowest BCUT2D eigenvalue weighted by molar-refractivity contribution is 0.306. The number of nitrogens with zero attached hydrogens (tertiary/aromatic N) is 1. The van der Waals surface area contributed by atoms with Crippen molar-refractivity contribution in [3.63, 3.8) is 0 Å². The molecule has 2 aromatic carbocycles. The second-order valence-electron chi connectivity index (χ2n) is 8.14. The standard InChI is InChI=1S/C28H34FNO/c1-3-5-7-8-10-22-11-17-26(27(29)20-22)28-18-14-24(21-30-28)23-12-15-25(16-13-23)31-19-9-6-4-2/h11-18,20-21H,3-10,19H2,1-2H3. The van der Waals surface area contributed by atoms with Gasteiger partial charge in [-0.05, 0) is 60.7 Å². The molecular formula is C28H34FNO. The second kappa shape index (κ2) is 12.2. The van der Waals surface area contributed by atoms with Crippen LogP contribution in [0.15, 0.2) is 60.8 Å². The summed E-state index contributed by atoms with van der Waals surface area (Å²) < 4.78 is 20.5. The molecule has 1 aromatic heterocycles. The van der Waals surface area contributed by atoms with Gasteiger partial charge in [-0.3, -0.25) is 4.98 Å². The largest absolute Gasteiger partial charge is 0.494 e. The Hall–Kier alpha value is -2.68. The van der Waals surface area contributed by atoms with Crippen LogP contribution in [0.3, 0.4) is 0 Å². The van der Waals surface area contributed by atoms with Gasteiger partial charge in [0.2, 0.25) is 0 Å². The Morgan fingerprint density at radius 1 is 0.774 bits per heavy atom. The number of rotatable bonds is 12. The minimum Gasteiger partial charge on any atom is -0.494 e. The number of aromatic nitrogens is 1. The normalized spacial score (nSPS) is 10.9. The number of halogens is 1. The van der Waals surface area contributed by atoms with Crippen LogP contribution in [0, 0.1) is 5.82 Å². The molecule has 0 aliphatic carbocycles. The second-order valence-corrected chi connectivity index (χ2v) is 8.14. The van der Waals surface area contributed by atoms with E-state index in [9.17, 15) is 4.39 Å². The molecule has 164 valence electrons. The Morgan fingerprint density at radius 2 is 1.52 bits per heavy atom. The van der Waals surface area contributed by atoms with E-state index in [-0.39, 0.29) is 5.82 Å². The Bertz CT molecular complexity index is 919. The molecule has 0 saturated carbocycles. The number of pyridine rings is 1. The molecule has 1 heterocycles. The van der Waals surface area contributed by atoms with Gasteiger partial charge in [0.15, 0.2) is 0 Å². The highest BCUT2D eigenvalue weighted by Gasteiger charge is 2.08. The molecule has 3 aromatic rings. The van der Waals surface area contributed by atoms with Crippen molar-refractivity contribution < 1.29 is 9.13 Å². The van der Waals surface area contributed by atoms with E-state index in [1.165, 1.54) is 32.1 Å². The van der Waals surface area contributed by atoms with Crippen molar-refractivity contribution >= 4 is 0 Å². The van der Waals surface area contributed by atoms with Crippen molar-refractivity contribution in [2.45, 2.75) is 65.2 Å². The maximum Gasteiger partial charge on any atom is 0.132 e. The Labute approximate surface area is 186 Å². The number of hydrogen-bond acceptors (Lipinski definition) is 2. The van der Waals surface area contributed by atoms with Crippen molar-refractivity contribution in [1.82, 2.24) is 4.98 Å². The zero-order valence-corrected chi connectivity index (χ0v) is 18.9. The molecule has 0 saturated heterocycles. The van der Waals surface area contributed by atoms with Crippen LogP contribution >= 0.6 is 0 Å². The Morgan fingerprint density at radius 3 is 2.19 bits per heavy atom. The van der Waals surface area contributed by atoms with E-state index < -0.39 is 0 Å². The summed E-state index contributed by atoms with van der Waals surface area (Å²) in [6, 6.07) is 17.5. The van der Waals surface area contributed by atoms with Crippen molar-refractivity contribution in [2.75, 3.05) is 6.61 Å². The summed E-state index contributed by atoms with van der Waals surface area (Å²) in [4.78, 5) is 4.52. The van der Waals surface area contributed by atoms with E-state index in [1.807, 2.05) is 54.7 Å². The molecule has 0 aliphatic rings. The van der Waals surface area contributed by atoms with Gasteiger partial charge in [0.05, 0.1) is 12.3 Å². The monoisotopic (exact) mass is 419 g/mol. The summed E-state index contributed by atoms with van der Waals surface area (Å²) >= 11 is 0. The first-order chi connectivity index (χ1) is 15.2. The smallest absolute Gasteiger partial charge is 0.132 e. The minimum atomic E-state index is -0.196. The molecule has 0 fully saturated rings. The van der Waals surface area contributed by atoms with Crippen LogP contribution in [0.2, 0.25) is 0 Å². The van der Waals surface area contributed by atoms with Gasteiger partial charge in [-0.2, -0.15) is 0 Å². The highest BCUT2D eigenvalue weighted by molar-refractivity contribution is 5.67. The number of hydrogen-bond donors (Lipinski definition) is 0. The van der Waals surface area contributed by atoms with Crippen LogP contribution < -0.4 is 4.74 Å². The van der Waals surface area contributed by atoms with E-state index in [0.29, 0.717) is 11.3 Å². The number of benzene rings is 2. The molecule has 3 rings (SSSR count). The maximum absolute atomic E-state index is 14.7. The summed E-state index contributed by atoms with van der Waals surface area (Å²) in [5.74, 6) is 0.694. The third kappa shape index (κ3) is 6.92. The SMILES string of the molecule is CCCCCCc1ccc(-c2ccc(-c3ccc(OCCCCC)cc3)cn2)c(F)c1. The van der Waals surface area contributed by atoms with Gasteiger partial charge in [0, 0.05) is 17.3 Å². The van der Waals surface area contributed by atoms with Gasteiger partial charge in [0.1, 0.15) is 11.6 Å². The average Bonchev–Trinajstić information content (AvgIpc) is 2.80. The van der Waals surface area contributed by atoms with Crippen LogP contribution in [0.1, 0.15) is 64.4 Å². The molecule has 0 atom stereocenters. The fourth-order valence-electron chi connectivity index (χ4n) is 3.69. The van der Waals surface area contributed by atoms with Crippen molar-refractivity contribution in [3.05, 3.63) is 72.2 Å². The molecule has 0 spiro atoms. The lowest BCUT2D eigenvalue weighted by Gasteiger charge is -2.09. The van der Waals surface area contributed by atoms with E-state index in [1.54, 1.807) is 6.07 Å². The summed E-state index contributed by atoms with van der Waals surface area (Å²) in [6.45, 7) is 5.14. The topological polar surface area (TPSA) is 22.1 Å². The molecule has 2 nitrogen and oxygen atoms in total. The van der Waals surface area contributed by atoms with Crippen LogP contribution in [0.5, 0.6) is 5.75 Å². The Balaban J connectivity index is 1.62. The zero-order valence-electron chi connectivity index (χ0n) is 18.9. The van der Waals surface area contributed by atoms with E-state index >= 15 is 0 Å². The number of unbranched alkanes of at least 4 members (excludes halogenated alkanes) is 5. The third-order valence-corrected chi connectivity index (χ3v) is 5.60. The summed E-state index contributed by atoms with van der Waals surface area (Å²) in [5.41, 5.74) is 4.36. The molecule has 0 aliphatic heterocycles. The van der Waals surface area contributed by atoms with Gasteiger partial charge in [-0.25, -0.2) is 4.39 Å². The number of ether oxygens (including phenoxy) is 1. The van der Waals surface area contributed by atoms with Gasteiger partial charge >= 0.3 is 0 Å². The maximum atomic E-state index is 14.7. The summed E-state index contributed by atoms with van der Waals surface area (Å²) in [5, 5.41) is 0. The highest BCUT2D eigenvalue weighted by atomic mass is 19.1. The van der Waals surface area contributed by atoms with Crippen molar-refractivity contribution in [2.24, 2.45) is 0 Å². The lowest BCUT2D eigenvalue weighted by atomic mass is 10.0. The molecule has 3 heteroatoms. The first-order valence-corrected chi connectivity index (χ1v) is 11.7. The van der Waals surface area contributed by atoms with Crippen LogP contribution in [-0.2, 0) is 6.42 Å². The van der Waals surface area contributed by atoms with Gasteiger partial charge < -0.3 is 4.74 Å². The fraction of sp³-hybridized carbons (Fsp3) is 0.393. The highest BCUT2D eigenvalue weighted by Crippen LogP contribution is 2.27. The quantitative estimate of drug-likeness (QED) is 0.276. The summed E-state index contributed by atoms with van der Waals surface area (Å²) in [6.07, 6.45) is 11.0. The van der Waals surface area contributed by atoms with Gasteiger partial charge in [-0.15, -0.1) is 0 Å². The molecule has 0 unspecified atom stereocenters. The molecule has 0 bridgehead atoms. The van der Waals surface area contributed by atoms with Crippen LogP contribution in [0.4, 0.5) is 4.39 Å². The molecule has 0 radical (unpaired) electrons. The predicted molar refractivity (Wildman–Crippen MR) is 128 cm³/mol. The predicted octanol–water partition coefficient (Wildman–Crippen LogP) is 8.25. The van der Waals surface area contributed by atoms with Gasteiger partial charge in [0.25, 0.3) is 0 Å². The zero-order chi connectivity index (χ0) is 21.9. The molecule has 31 heavy (non-hydrogen) atoms. The third-order valence-electron chi connectivity index (χ3n) is 5.60. The molecule has 0 amide bonds. The van der Waals surface area contributed by atoms with Crippen molar-refractivity contribution in [3.8, 4) is 28.1 Å². The minimum absolute atomic E-state index is 0.196. The molecular weight excluding hydrogens is 385 g/mol. The molecule has 0 N–H and O–H groups in total. The van der Waals surface area contributed by atoms with E-state index in [0.717, 1.165) is 48.3 Å². The van der Waals surface area contributed by atoms with Crippen LogP contribution in [0.25, 0.3) is 22.4 Å². The van der Waals surface area contributed by atoms with Crippen LogP contribution in [-0.4, -0.2) is 11.6 Å². The fourth-order valence-corrected chi connectivity index (χ4v) is 3.69. The van der Waals surface area contributed by atoms with Crippen molar-refractivity contribution in [1.29, 1.82) is 0 Å². The lowest BCUT2D eigenvalue weighted by Crippen LogP contribution is -1.96.